The Morgan fingerprint density at radius 2 is 1.49 bits per heavy atom. The highest BCUT2D eigenvalue weighted by atomic mass is 16.6. The summed E-state index contributed by atoms with van der Waals surface area (Å²) < 4.78 is 10.4. The zero-order valence-corrected chi connectivity index (χ0v) is 20.8. The lowest BCUT2D eigenvalue weighted by Gasteiger charge is -2.22. The third-order valence-electron chi connectivity index (χ3n) is 5.15. The van der Waals surface area contributed by atoms with Gasteiger partial charge in [-0.15, -0.1) is 0 Å². The second kappa shape index (κ2) is 14.0. The van der Waals surface area contributed by atoms with Gasteiger partial charge in [0.1, 0.15) is 18.2 Å². The number of nitrogens with one attached hydrogen (secondary N) is 2. The van der Waals surface area contributed by atoms with Gasteiger partial charge in [0.15, 0.2) is 0 Å². The predicted molar refractivity (Wildman–Crippen MR) is 135 cm³/mol. The molecule has 8 nitrogen and oxygen atoms in total. The third kappa shape index (κ3) is 11.9. The fourth-order valence-electron chi connectivity index (χ4n) is 3.34. The average molecular weight is 484 g/mol. The van der Waals surface area contributed by atoms with Crippen molar-refractivity contribution in [3.05, 3.63) is 71.3 Å². The monoisotopic (exact) mass is 483 g/mol. The molecule has 0 aliphatic rings. The van der Waals surface area contributed by atoms with E-state index in [0.29, 0.717) is 19.4 Å². The molecule has 0 aliphatic heterocycles. The van der Waals surface area contributed by atoms with Gasteiger partial charge in [0.2, 0.25) is 5.91 Å². The smallest absolute Gasteiger partial charge is 0.408 e. The van der Waals surface area contributed by atoms with E-state index < -0.39 is 29.7 Å². The summed E-state index contributed by atoms with van der Waals surface area (Å²) in [6.07, 6.45) is 2.59. The fraction of sp³-hybridized carbons (Fsp3) is 0.444. The Morgan fingerprint density at radius 1 is 0.857 bits per heavy atom. The molecule has 0 fully saturated rings. The summed E-state index contributed by atoms with van der Waals surface area (Å²) in [5.41, 5.74) is 7.98. The molecule has 2 aromatic carbocycles. The Morgan fingerprint density at radius 3 is 2.09 bits per heavy atom. The number of benzene rings is 2. The number of hydrogen-bond acceptors (Lipinski definition) is 5. The predicted octanol–water partition coefficient (Wildman–Crippen LogP) is 4.25. The Kier molecular flexibility index (Phi) is 11.1. The van der Waals surface area contributed by atoms with Gasteiger partial charge in [0.05, 0.1) is 0 Å². The number of ether oxygens (including phenoxy) is 2. The molecule has 0 unspecified atom stereocenters. The fourth-order valence-corrected chi connectivity index (χ4v) is 3.34. The lowest BCUT2D eigenvalue weighted by atomic mass is 10.0. The van der Waals surface area contributed by atoms with Crippen LogP contribution >= 0.6 is 0 Å². The molecule has 0 radical (unpaired) electrons. The average Bonchev–Trinajstić information content (AvgIpc) is 2.80. The largest absolute Gasteiger partial charge is 0.445 e. The van der Waals surface area contributed by atoms with Crippen molar-refractivity contribution in [2.45, 2.75) is 71.1 Å². The van der Waals surface area contributed by atoms with Crippen LogP contribution < -0.4 is 16.4 Å². The van der Waals surface area contributed by atoms with Crippen molar-refractivity contribution in [2.75, 3.05) is 6.54 Å². The number of hydrogen-bond donors (Lipinski definition) is 3. The molecule has 2 rings (SSSR count). The Bertz CT molecular complexity index is 940. The lowest BCUT2D eigenvalue weighted by Crippen LogP contribution is -2.46. The van der Waals surface area contributed by atoms with Crippen LogP contribution in [0.15, 0.2) is 54.6 Å². The number of primary amides is 1. The first-order chi connectivity index (χ1) is 16.6. The Hall–Kier alpha value is -3.55. The van der Waals surface area contributed by atoms with E-state index in [1.54, 1.807) is 20.8 Å². The van der Waals surface area contributed by atoms with E-state index in [9.17, 15) is 14.4 Å². The summed E-state index contributed by atoms with van der Waals surface area (Å²) >= 11 is 0. The molecule has 190 valence electrons. The van der Waals surface area contributed by atoms with E-state index in [-0.39, 0.29) is 6.61 Å². The quantitative estimate of drug-likeness (QED) is 0.390. The maximum Gasteiger partial charge on any atom is 0.408 e. The molecule has 35 heavy (non-hydrogen) atoms. The molecule has 0 saturated carbocycles. The molecular formula is C27H37N3O5. The van der Waals surface area contributed by atoms with Gasteiger partial charge in [-0.2, -0.15) is 0 Å². The second-order valence-electron chi connectivity index (χ2n) is 9.40. The van der Waals surface area contributed by atoms with Crippen LogP contribution in [0, 0.1) is 0 Å². The minimum Gasteiger partial charge on any atom is -0.445 e. The number of rotatable bonds is 12. The normalized spacial score (nSPS) is 11.9. The van der Waals surface area contributed by atoms with Gasteiger partial charge in [-0.05, 0) is 69.6 Å². The molecule has 0 heterocycles. The van der Waals surface area contributed by atoms with Crippen molar-refractivity contribution in [2.24, 2.45) is 5.73 Å². The summed E-state index contributed by atoms with van der Waals surface area (Å²) in [4.78, 5) is 35.4. The molecule has 3 amide bonds. The number of nitrogens with two attached hydrogens (primary N) is 1. The topological polar surface area (TPSA) is 120 Å². The molecular weight excluding hydrogens is 446 g/mol. The van der Waals surface area contributed by atoms with Crippen LogP contribution in [0.3, 0.4) is 0 Å². The molecule has 0 bridgehead atoms. The maximum absolute atomic E-state index is 11.9. The summed E-state index contributed by atoms with van der Waals surface area (Å²) in [7, 11) is 0. The molecule has 0 aromatic heterocycles. The van der Waals surface area contributed by atoms with E-state index in [4.69, 9.17) is 15.2 Å². The summed E-state index contributed by atoms with van der Waals surface area (Å²) in [5, 5.41) is 5.32. The zero-order chi connectivity index (χ0) is 25.7. The first-order valence-corrected chi connectivity index (χ1v) is 11.9. The third-order valence-corrected chi connectivity index (χ3v) is 5.15. The number of unbranched alkanes of at least 4 members (excludes halogenated alkanes) is 1. The van der Waals surface area contributed by atoms with Crippen LogP contribution in [0.1, 0.15) is 56.7 Å². The van der Waals surface area contributed by atoms with E-state index in [1.165, 1.54) is 5.56 Å². The van der Waals surface area contributed by atoms with E-state index in [1.807, 2.05) is 42.5 Å². The highest BCUT2D eigenvalue weighted by Gasteiger charge is 2.22. The van der Waals surface area contributed by atoms with Crippen molar-refractivity contribution < 1.29 is 23.9 Å². The minimum atomic E-state index is -0.795. The van der Waals surface area contributed by atoms with Crippen molar-refractivity contribution in [1.82, 2.24) is 10.6 Å². The molecule has 4 N–H and O–H groups in total. The standard InChI is InChI=1S/C27H37N3O5/c1-27(2,3)35-26(33)30-23(24(28)31)17-16-21-14-12-20(13-15-21)9-7-8-18-29-25(32)34-19-22-10-5-4-6-11-22/h4-6,10-15,23H,7-9,16-19H2,1-3H3,(H2,28,31)(H,29,32)(H,30,33)/t23-/m0/s1. The maximum atomic E-state index is 11.9. The van der Waals surface area contributed by atoms with Gasteiger partial charge < -0.3 is 25.8 Å². The number of alkyl carbamates (subject to hydrolysis) is 2. The second-order valence-corrected chi connectivity index (χ2v) is 9.40. The number of carbonyl (C=O) groups is 3. The van der Waals surface area contributed by atoms with Gasteiger partial charge in [0.25, 0.3) is 0 Å². The number of amides is 3. The van der Waals surface area contributed by atoms with E-state index in [0.717, 1.165) is 30.4 Å². The van der Waals surface area contributed by atoms with Crippen molar-refractivity contribution >= 4 is 18.1 Å². The van der Waals surface area contributed by atoms with Crippen LogP contribution in [0.2, 0.25) is 0 Å². The van der Waals surface area contributed by atoms with Crippen LogP contribution in [-0.4, -0.2) is 36.3 Å². The first-order valence-electron chi connectivity index (χ1n) is 11.9. The van der Waals surface area contributed by atoms with E-state index in [2.05, 4.69) is 22.8 Å². The zero-order valence-electron chi connectivity index (χ0n) is 20.8. The van der Waals surface area contributed by atoms with Gasteiger partial charge in [-0.25, -0.2) is 9.59 Å². The van der Waals surface area contributed by atoms with Gasteiger partial charge in [0, 0.05) is 6.54 Å². The number of carbonyl (C=O) groups excluding carboxylic acids is 3. The summed E-state index contributed by atoms with van der Waals surface area (Å²) in [6, 6.07) is 16.9. The van der Waals surface area contributed by atoms with Crippen molar-refractivity contribution in [3.63, 3.8) is 0 Å². The molecule has 1 atom stereocenters. The molecule has 0 aliphatic carbocycles. The van der Waals surface area contributed by atoms with Crippen LogP contribution in [-0.2, 0) is 33.7 Å². The van der Waals surface area contributed by atoms with Gasteiger partial charge in [-0.3, -0.25) is 4.79 Å². The highest BCUT2D eigenvalue weighted by Crippen LogP contribution is 2.12. The van der Waals surface area contributed by atoms with Gasteiger partial charge in [-0.1, -0.05) is 54.6 Å². The first kappa shape index (κ1) is 27.7. The summed E-state index contributed by atoms with van der Waals surface area (Å²) in [6.45, 7) is 6.09. The van der Waals surface area contributed by atoms with Crippen LogP contribution in [0.5, 0.6) is 0 Å². The molecule has 0 saturated heterocycles. The molecule has 0 spiro atoms. The van der Waals surface area contributed by atoms with Crippen molar-refractivity contribution in [1.29, 1.82) is 0 Å². The Labute approximate surface area is 207 Å². The molecule has 8 heteroatoms. The Balaban J connectivity index is 1.64. The highest BCUT2D eigenvalue weighted by molar-refractivity contribution is 5.84. The van der Waals surface area contributed by atoms with Gasteiger partial charge >= 0.3 is 12.2 Å². The van der Waals surface area contributed by atoms with Crippen molar-refractivity contribution in [3.8, 4) is 0 Å². The van der Waals surface area contributed by atoms with Crippen LogP contribution in [0.4, 0.5) is 9.59 Å². The minimum absolute atomic E-state index is 0.260. The molecule has 2 aromatic rings. The SMILES string of the molecule is CC(C)(C)OC(=O)N[C@@H](CCc1ccc(CCCCNC(=O)OCc2ccccc2)cc1)C(N)=O. The van der Waals surface area contributed by atoms with Crippen LogP contribution in [0.25, 0.3) is 0 Å². The number of aryl methyl sites for hydroxylation is 2. The van der Waals surface area contributed by atoms with E-state index >= 15 is 0 Å². The lowest BCUT2D eigenvalue weighted by molar-refractivity contribution is -0.120. The summed E-state index contributed by atoms with van der Waals surface area (Å²) in [5.74, 6) is -0.593.